The number of hydrogen-bond donors (Lipinski definition) is 2. The Hall–Kier alpha value is -4.17. The summed E-state index contributed by atoms with van der Waals surface area (Å²) in [6.45, 7) is 7.25. The molecule has 0 aliphatic carbocycles. The number of anilines is 1. The van der Waals surface area contributed by atoms with E-state index in [1.54, 1.807) is 43.0 Å². The smallest absolute Gasteiger partial charge is 0.264 e. The summed E-state index contributed by atoms with van der Waals surface area (Å²) in [4.78, 5) is 31.0. The molecule has 0 aliphatic rings. The SMILES string of the molecule is C=C/C=C(/Cl)c1c(C)cc([C@H](C)NC(=O)c2c(N)nn3cccnc23)n(-c2ccccc2)c1=O. The number of para-hydroxylation sites is 1. The number of allylic oxidation sites excluding steroid dienone is 2. The van der Waals surface area contributed by atoms with Crippen molar-refractivity contribution in [1.29, 1.82) is 0 Å². The molecule has 0 aliphatic heterocycles. The van der Waals surface area contributed by atoms with Gasteiger partial charge >= 0.3 is 0 Å². The van der Waals surface area contributed by atoms with E-state index < -0.39 is 11.9 Å². The standard InChI is InChI=1S/C25H23ClN6O2/c1-4-9-18(26)20-15(2)14-19(32(25(20)34)17-10-6-5-7-11-17)16(3)29-24(33)21-22(27)30-31-13-8-12-28-23(21)31/h4-14,16H,1H2,2-3H3,(H2,27,30)(H,29,33)/b18-9+/t16-/m0/s1. The molecule has 172 valence electrons. The molecule has 0 radical (unpaired) electrons. The van der Waals surface area contributed by atoms with Gasteiger partial charge in [0.25, 0.3) is 11.5 Å². The lowest BCUT2D eigenvalue weighted by Gasteiger charge is -2.22. The van der Waals surface area contributed by atoms with E-state index in [0.717, 1.165) is 0 Å². The van der Waals surface area contributed by atoms with Crippen molar-refractivity contribution in [2.24, 2.45) is 0 Å². The highest BCUT2D eigenvalue weighted by Crippen LogP contribution is 2.25. The number of benzene rings is 1. The Morgan fingerprint density at radius 1 is 1.24 bits per heavy atom. The second kappa shape index (κ2) is 9.36. The van der Waals surface area contributed by atoms with E-state index in [9.17, 15) is 9.59 Å². The van der Waals surface area contributed by atoms with Gasteiger partial charge in [-0.25, -0.2) is 9.50 Å². The third-order valence-electron chi connectivity index (χ3n) is 5.39. The number of fused-ring (bicyclic) bond motifs is 1. The number of carbonyl (C=O) groups is 1. The Balaban J connectivity index is 1.82. The van der Waals surface area contributed by atoms with Crippen LogP contribution in [0.2, 0.25) is 0 Å². The van der Waals surface area contributed by atoms with Crippen molar-refractivity contribution in [3.63, 3.8) is 0 Å². The summed E-state index contributed by atoms with van der Waals surface area (Å²) in [5.41, 5.74) is 8.48. The normalized spacial score (nSPS) is 12.5. The minimum Gasteiger partial charge on any atom is -0.381 e. The Morgan fingerprint density at radius 3 is 2.68 bits per heavy atom. The fourth-order valence-corrected chi connectivity index (χ4v) is 4.18. The lowest BCUT2D eigenvalue weighted by molar-refractivity contribution is 0.0941. The molecule has 1 atom stereocenters. The zero-order valence-corrected chi connectivity index (χ0v) is 19.5. The number of carbonyl (C=O) groups excluding carboxylic acids is 1. The van der Waals surface area contributed by atoms with Gasteiger partial charge in [-0.2, -0.15) is 0 Å². The first-order chi connectivity index (χ1) is 16.3. The summed E-state index contributed by atoms with van der Waals surface area (Å²) in [6, 6.07) is 12.1. The van der Waals surface area contributed by atoms with E-state index in [0.29, 0.717) is 28.2 Å². The molecule has 0 unspecified atom stereocenters. The number of aryl methyl sites for hydroxylation is 1. The maximum absolute atomic E-state index is 13.6. The molecule has 1 amide bonds. The van der Waals surface area contributed by atoms with Gasteiger partial charge in [-0.05, 0) is 49.8 Å². The van der Waals surface area contributed by atoms with Crippen LogP contribution in [0.15, 0.2) is 78.4 Å². The molecule has 3 heterocycles. The van der Waals surface area contributed by atoms with Gasteiger partial charge in [0.05, 0.1) is 16.6 Å². The molecule has 1 aromatic carbocycles. The topological polar surface area (TPSA) is 107 Å². The zero-order valence-electron chi connectivity index (χ0n) is 18.7. The van der Waals surface area contributed by atoms with Gasteiger partial charge in [-0.15, -0.1) is 5.10 Å². The van der Waals surface area contributed by atoms with Gasteiger partial charge in [-0.3, -0.25) is 14.2 Å². The highest BCUT2D eigenvalue weighted by molar-refractivity contribution is 6.49. The van der Waals surface area contributed by atoms with Gasteiger partial charge in [-0.1, -0.05) is 42.5 Å². The van der Waals surface area contributed by atoms with Crippen LogP contribution in [0.1, 0.15) is 40.1 Å². The number of halogens is 1. The van der Waals surface area contributed by atoms with Crippen molar-refractivity contribution in [3.8, 4) is 5.69 Å². The quantitative estimate of drug-likeness (QED) is 0.410. The van der Waals surface area contributed by atoms with E-state index in [1.807, 2.05) is 36.4 Å². The van der Waals surface area contributed by atoms with Crippen molar-refractivity contribution in [2.75, 3.05) is 5.73 Å². The van der Waals surface area contributed by atoms with Crippen molar-refractivity contribution in [2.45, 2.75) is 19.9 Å². The lowest BCUT2D eigenvalue weighted by Crippen LogP contribution is -2.33. The van der Waals surface area contributed by atoms with Crippen LogP contribution in [-0.2, 0) is 0 Å². The highest BCUT2D eigenvalue weighted by Gasteiger charge is 2.24. The third kappa shape index (κ3) is 4.11. The molecule has 0 saturated heterocycles. The van der Waals surface area contributed by atoms with Crippen LogP contribution in [-0.4, -0.2) is 25.1 Å². The number of nitrogens with one attached hydrogen (secondary N) is 1. The van der Waals surface area contributed by atoms with Crippen LogP contribution in [0, 0.1) is 6.92 Å². The summed E-state index contributed by atoms with van der Waals surface area (Å²) in [5, 5.41) is 7.36. The molecule has 34 heavy (non-hydrogen) atoms. The van der Waals surface area contributed by atoms with Crippen LogP contribution >= 0.6 is 11.6 Å². The van der Waals surface area contributed by atoms with E-state index in [2.05, 4.69) is 22.0 Å². The number of pyridine rings is 1. The summed E-state index contributed by atoms with van der Waals surface area (Å²) < 4.78 is 2.99. The summed E-state index contributed by atoms with van der Waals surface area (Å²) in [6.07, 6.45) is 6.33. The minimum absolute atomic E-state index is 0.0664. The molecule has 0 saturated carbocycles. The number of amides is 1. The van der Waals surface area contributed by atoms with Crippen molar-refractivity contribution >= 4 is 34.0 Å². The fourth-order valence-electron chi connectivity index (χ4n) is 3.86. The molecule has 3 N–H and O–H groups in total. The van der Waals surface area contributed by atoms with Crippen LogP contribution in [0.5, 0.6) is 0 Å². The molecular formula is C25H23ClN6O2. The maximum Gasteiger partial charge on any atom is 0.264 e. The van der Waals surface area contributed by atoms with Crippen LogP contribution in [0.3, 0.4) is 0 Å². The average Bonchev–Trinajstić information content (AvgIpc) is 3.15. The van der Waals surface area contributed by atoms with Gasteiger partial charge in [0.15, 0.2) is 11.5 Å². The number of nitrogen functional groups attached to an aromatic ring is 1. The van der Waals surface area contributed by atoms with E-state index >= 15 is 0 Å². The molecule has 3 aromatic heterocycles. The van der Waals surface area contributed by atoms with Crippen molar-refractivity contribution < 1.29 is 4.79 Å². The number of rotatable bonds is 6. The Labute approximate surface area is 201 Å². The number of nitrogens with zero attached hydrogens (tertiary/aromatic N) is 4. The van der Waals surface area contributed by atoms with Crippen molar-refractivity contribution in [1.82, 2.24) is 24.5 Å². The molecular weight excluding hydrogens is 452 g/mol. The maximum atomic E-state index is 13.6. The second-order valence-electron chi connectivity index (χ2n) is 7.70. The summed E-state index contributed by atoms with van der Waals surface area (Å²) in [5.74, 6) is -0.381. The number of hydrogen-bond acceptors (Lipinski definition) is 5. The fraction of sp³-hybridized carbons (Fsp3) is 0.120. The van der Waals surface area contributed by atoms with E-state index in [-0.39, 0.29) is 22.0 Å². The number of aromatic nitrogens is 4. The van der Waals surface area contributed by atoms with Gasteiger partial charge in [0.2, 0.25) is 0 Å². The van der Waals surface area contributed by atoms with E-state index in [4.69, 9.17) is 17.3 Å². The average molecular weight is 475 g/mol. The lowest BCUT2D eigenvalue weighted by atomic mass is 10.0. The number of nitrogens with two attached hydrogens (primary N) is 1. The van der Waals surface area contributed by atoms with Gasteiger partial charge < -0.3 is 11.1 Å². The third-order valence-corrected chi connectivity index (χ3v) is 5.71. The molecule has 9 heteroatoms. The van der Waals surface area contributed by atoms with Crippen molar-refractivity contribution in [3.05, 3.63) is 106 Å². The van der Waals surface area contributed by atoms with Gasteiger partial charge in [0.1, 0.15) is 5.56 Å². The van der Waals surface area contributed by atoms with Crippen LogP contribution < -0.4 is 16.6 Å². The zero-order chi connectivity index (χ0) is 24.4. The highest BCUT2D eigenvalue weighted by atomic mass is 35.5. The molecule has 0 bridgehead atoms. The summed E-state index contributed by atoms with van der Waals surface area (Å²) in [7, 11) is 0. The monoisotopic (exact) mass is 474 g/mol. The Kier molecular flexibility index (Phi) is 6.34. The second-order valence-corrected chi connectivity index (χ2v) is 8.10. The summed E-state index contributed by atoms with van der Waals surface area (Å²) >= 11 is 6.41. The predicted molar refractivity (Wildman–Crippen MR) is 134 cm³/mol. The minimum atomic E-state index is -0.562. The first-order valence-corrected chi connectivity index (χ1v) is 10.9. The van der Waals surface area contributed by atoms with E-state index in [1.165, 1.54) is 10.6 Å². The van der Waals surface area contributed by atoms with Crippen LogP contribution in [0.4, 0.5) is 5.82 Å². The first kappa shape index (κ1) is 23.0. The molecule has 4 aromatic rings. The predicted octanol–water partition coefficient (Wildman–Crippen LogP) is 4.03. The molecule has 0 fully saturated rings. The van der Waals surface area contributed by atoms with Crippen LogP contribution in [0.25, 0.3) is 16.4 Å². The van der Waals surface area contributed by atoms with Gasteiger partial charge in [0, 0.05) is 23.8 Å². The Bertz CT molecular complexity index is 1490. The largest absolute Gasteiger partial charge is 0.381 e. The first-order valence-electron chi connectivity index (χ1n) is 10.5. The molecule has 0 spiro atoms. The molecule has 4 rings (SSSR count). The Morgan fingerprint density at radius 2 is 1.97 bits per heavy atom. The molecule has 8 nitrogen and oxygen atoms in total.